The Bertz CT molecular complexity index is 948. The second-order valence-electron chi connectivity index (χ2n) is 8.74. The van der Waals surface area contributed by atoms with Gasteiger partial charge in [0.15, 0.2) is 0 Å². The van der Waals surface area contributed by atoms with Crippen molar-refractivity contribution in [1.82, 2.24) is 14.8 Å². The third-order valence-corrected chi connectivity index (χ3v) is 7.87. The average molecular weight is 490 g/mol. The van der Waals surface area contributed by atoms with Crippen LogP contribution in [0.2, 0.25) is 5.02 Å². The zero-order valence-corrected chi connectivity index (χ0v) is 20.7. The maximum atomic E-state index is 13.2. The van der Waals surface area contributed by atoms with Crippen LogP contribution in [-0.4, -0.2) is 59.7 Å². The molecule has 9 heteroatoms. The summed E-state index contributed by atoms with van der Waals surface area (Å²) in [5.41, 5.74) is 7.63. The minimum Gasteiger partial charge on any atom is -0.399 e. The van der Waals surface area contributed by atoms with Crippen LogP contribution in [0.5, 0.6) is 0 Å². The minimum absolute atomic E-state index is 0.127. The molecule has 2 aliphatic rings. The smallest absolute Gasteiger partial charge is 0.225 e. The second kappa shape index (κ2) is 11.4. The van der Waals surface area contributed by atoms with Gasteiger partial charge in [0.1, 0.15) is 12.1 Å². The van der Waals surface area contributed by atoms with Crippen molar-refractivity contribution in [2.45, 2.75) is 38.8 Å². The number of piperidine rings is 2. The fraction of sp³-hybridized carbons (Fsp3) is 0.542. The highest BCUT2D eigenvalue weighted by atomic mass is 35.5. The summed E-state index contributed by atoms with van der Waals surface area (Å²) in [7, 11) is 1.58. The van der Waals surface area contributed by atoms with Crippen LogP contribution in [0.3, 0.4) is 0 Å². The Labute approximate surface area is 204 Å². The molecule has 1 aromatic carbocycles. The van der Waals surface area contributed by atoms with E-state index in [9.17, 15) is 4.79 Å². The van der Waals surface area contributed by atoms with Crippen LogP contribution in [0, 0.1) is 11.8 Å². The zero-order valence-electron chi connectivity index (χ0n) is 19.1. The maximum Gasteiger partial charge on any atom is 0.225 e. The molecule has 33 heavy (non-hydrogen) atoms. The summed E-state index contributed by atoms with van der Waals surface area (Å²) in [6.07, 6.45) is 5.55. The van der Waals surface area contributed by atoms with E-state index in [-0.39, 0.29) is 11.8 Å². The van der Waals surface area contributed by atoms with Gasteiger partial charge in [-0.1, -0.05) is 28.9 Å². The lowest BCUT2D eigenvalue weighted by Crippen LogP contribution is -2.46. The van der Waals surface area contributed by atoms with Crippen molar-refractivity contribution < 1.29 is 9.63 Å². The normalized spacial score (nSPS) is 19.1. The summed E-state index contributed by atoms with van der Waals surface area (Å²) in [5.74, 6) is 0.713. The van der Waals surface area contributed by atoms with Crippen molar-refractivity contribution >= 4 is 34.6 Å². The van der Waals surface area contributed by atoms with Crippen LogP contribution < -0.4 is 5.73 Å². The molecular formula is C24H32ClN5O2S. The number of carbonyl (C=O) groups excluding carboxylic acids is 1. The topological polar surface area (TPSA) is 84.0 Å². The highest BCUT2D eigenvalue weighted by molar-refractivity contribution is 7.11. The SMILES string of the molecule is CO/N=C(/c1ccc(Cl)cc1)C1CCN(C(=O)C2CCN(Cc3cnc(CN)s3)CC2)CC1. The molecule has 1 aromatic heterocycles. The van der Waals surface area contributed by atoms with E-state index in [0.29, 0.717) is 17.5 Å². The third-order valence-electron chi connectivity index (χ3n) is 6.62. The molecule has 2 fully saturated rings. The molecule has 0 atom stereocenters. The lowest BCUT2D eigenvalue weighted by molar-refractivity contribution is -0.138. The van der Waals surface area contributed by atoms with Gasteiger partial charge in [-0.2, -0.15) is 0 Å². The summed E-state index contributed by atoms with van der Waals surface area (Å²) in [6.45, 7) is 4.83. The van der Waals surface area contributed by atoms with E-state index in [1.54, 1.807) is 18.4 Å². The van der Waals surface area contributed by atoms with Crippen molar-refractivity contribution in [1.29, 1.82) is 0 Å². The Balaban J connectivity index is 1.27. The summed E-state index contributed by atoms with van der Waals surface area (Å²) in [4.78, 5) is 28.4. The molecule has 0 aliphatic carbocycles. The molecule has 2 saturated heterocycles. The number of nitrogens with zero attached hydrogens (tertiary/aromatic N) is 4. The van der Waals surface area contributed by atoms with Crippen molar-refractivity contribution in [3.8, 4) is 0 Å². The number of hydrogen-bond acceptors (Lipinski definition) is 7. The van der Waals surface area contributed by atoms with Crippen LogP contribution in [0.1, 0.15) is 41.1 Å². The van der Waals surface area contributed by atoms with Crippen molar-refractivity contribution in [2.24, 2.45) is 22.7 Å². The minimum atomic E-state index is 0.127. The molecule has 178 valence electrons. The lowest BCUT2D eigenvalue weighted by atomic mass is 9.87. The van der Waals surface area contributed by atoms with Gasteiger partial charge in [-0.15, -0.1) is 11.3 Å². The van der Waals surface area contributed by atoms with E-state index in [1.165, 1.54) is 4.88 Å². The molecule has 1 amide bonds. The molecule has 7 nitrogen and oxygen atoms in total. The van der Waals surface area contributed by atoms with E-state index >= 15 is 0 Å². The first-order valence-corrected chi connectivity index (χ1v) is 12.8. The van der Waals surface area contributed by atoms with Crippen LogP contribution in [0.4, 0.5) is 0 Å². The predicted octanol–water partition coefficient (Wildman–Crippen LogP) is 3.76. The number of nitrogens with two attached hydrogens (primary N) is 1. The fourth-order valence-corrected chi connectivity index (χ4v) is 5.76. The molecule has 0 spiro atoms. The van der Waals surface area contributed by atoms with Crippen LogP contribution in [0.15, 0.2) is 35.6 Å². The number of oxime groups is 1. The first kappa shape index (κ1) is 24.1. The number of amides is 1. The van der Waals surface area contributed by atoms with Crippen LogP contribution >= 0.6 is 22.9 Å². The maximum absolute atomic E-state index is 13.2. The van der Waals surface area contributed by atoms with E-state index in [4.69, 9.17) is 22.2 Å². The van der Waals surface area contributed by atoms with Gasteiger partial charge in [0.2, 0.25) is 5.91 Å². The number of thiazole rings is 1. The number of hydrogen-bond donors (Lipinski definition) is 1. The Morgan fingerprint density at radius 1 is 1.15 bits per heavy atom. The first-order chi connectivity index (χ1) is 16.1. The second-order valence-corrected chi connectivity index (χ2v) is 10.4. The van der Waals surface area contributed by atoms with E-state index in [1.807, 2.05) is 30.5 Å². The molecule has 0 radical (unpaired) electrons. The van der Waals surface area contributed by atoms with Crippen LogP contribution in [0.25, 0.3) is 0 Å². The van der Waals surface area contributed by atoms with E-state index in [0.717, 1.165) is 74.7 Å². The summed E-state index contributed by atoms with van der Waals surface area (Å²) >= 11 is 7.72. The van der Waals surface area contributed by atoms with Crippen LogP contribution in [-0.2, 0) is 22.7 Å². The highest BCUT2D eigenvalue weighted by Crippen LogP contribution is 2.28. The summed E-state index contributed by atoms with van der Waals surface area (Å²) in [5, 5.41) is 5.99. The molecule has 4 rings (SSSR count). The third kappa shape index (κ3) is 6.12. The van der Waals surface area contributed by atoms with Gasteiger partial charge < -0.3 is 15.5 Å². The molecule has 0 bridgehead atoms. The Hall–Kier alpha value is -2.00. The molecular weight excluding hydrogens is 458 g/mol. The zero-order chi connectivity index (χ0) is 23.2. The Kier molecular flexibility index (Phi) is 8.35. The first-order valence-electron chi connectivity index (χ1n) is 11.6. The molecule has 0 saturated carbocycles. The summed E-state index contributed by atoms with van der Waals surface area (Å²) < 4.78 is 0. The lowest BCUT2D eigenvalue weighted by Gasteiger charge is -2.37. The van der Waals surface area contributed by atoms with E-state index in [2.05, 4.69) is 19.9 Å². The van der Waals surface area contributed by atoms with E-state index < -0.39 is 0 Å². The van der Waals surface area contributed by atoms with Crippen molar-refractivity contribution in [3.63, 3.8) is 0 Å². The van der Waals surface area contributed by atoms with Crippen molar-refractivity contribution in [3.05, 3.63) is 50.9 Å². The molecule has 0 unspecified atom stereocenters. The molecule has 2 aliphatic heterocycles. The number of halogens is 1. The largest absolute Gasteiger partial charge is 0.399 e. The number of carbonyl (C=O) groups is 1. The van der Waals surface area contributed by atoms with Gasteiger partial charge >= 0.3 is 0 Å². The molecule has 2 N–H and O–H groups in total. The van der Waals surface area contributed by atoms with Gasteiger partial charge in [0.05, 0.1) is 5.71 Å². The van der Waals surface area contributed by atoms with Gasteiger partial charge in [-0.25, -0.2) is 4.98 Å². The number of likely N-dealkylation sites (tertiary alicyclic amines) is 2. The summed E-state index contributed by atoms with van der Waals surface area (Å²) in [6, 6.07) is 7.71. The number of aromatic nitrogens is 1. The van der Waals surface area contributed by atoms with Gasteiger partial charge in [0, 0.05) is 54.1 Å². The quantitative estimate of drug-likeness (QED) is 0.473. The number of rotatable bonds is 7. The molecule has 2 aromatic rings. The fourth-order valence-electron chi connectivity index (χ4n) is 4.79. The predicted molar refractivity (Wildman–Crippen MR) is 132 cm³/mol. The highest BCUT2D eigenvalue weighted by Gasteiger charge is 2.32. The Morgan fingerprint density at radius 3 is 2.42 bits per heavy atom. The van der Waals surface area contributed by atoms with Crippen molar-refractivity contribution in [2.75, 3.05) is 33.3 Å². The van der Waals surface area contributed by atoms with Gasteiger partial charge in [0.25, 0.3) is 0 Å². The standard InChI is InChI=1S/C24H32ClN5O2S/c1-32-28-23(17-2-4-20(25)5-3-17)18-8-12-30(13-9-18)24(31)19-6-10-29(11-7-19)16-21-15-27-22(14-26)33-21/h2-5,15,18-19H,6-14,16,26H2,1H3/b28-23-. The van der Waals surface area contributed by atoms with Gasteiger partial charge in [-0.3, -0.25) is 9.69 Å². The average Bonchev–Trinajstić information content (AvgIpc) is 3.31. The number of benzene rings is 1. The van der Waals surface area contributed by atoms with Gasteiger partial charge in [-0.05, 0) is 56.5 Å². The Morgan fingerprint density at radius 2 is 1.82 bits per heavy atom. The molecule has 3 heterocycles. The monoisotopic (exact) mass is 489 g/mol.